The average Bonchev–Trinajstić information content (AvgIpc) is 2.92. The average molecular weight is 494 g/mol. The van der Waals surface area contributed by atoms with E-state index in [1.807, 2.05) is 32.0 Å². The summed E-state index contributed by atoms with van der Waals surface area (Å²) in [6, 6.07) is 14.0. The molecule has 0 aromatic heterocycles. The van der Waals surface area contributed by atoms with Crippen LogP contribution < -0.4 is 4.72 Å². The van der Waals surface area contributed by atoms with Crippen LogP contribution in [0, 0.1) is 5.82 Å². The van der Waals surface area contributed by atoms with Crippen LogP contribution in [0.4, 0.5) is 10.1 Å². The smallest absolute Gasteiger partial charge is 0.284 e. The molecule has 0 heterocycles. The fourth-order valence-corrected chi connectivity index (χ4v) is 5.67. The summed E-state index contributed by atoms with van der Waals surface area (Å²) in [5, 5.41) is 0. The number of halogens is 1. The summed E-state index contributed by atoms with van der Waals surface area (Å²) in [5.41, 5.74) is 3.41. The van der Waals surface area contributed by atoms with E-state index in [-0.39, 0.29) is 16.6 Å². The van der Waals surface area contributed by atoms with Crippen molar-refractivity contribution in [2.45, 2.75) is 50.3 Å². The molecule has 0 fully saturated rings. The molecule has 2 aliphatic carbocycles. The minimum absolute atomic E-state index is 0.0743. The van der Waals surface area contributed by atoms with Crippen molar-refractivity contribution in [3.8, 4) is 11.1 Å². The molecule has 6 nitrogen and oxygen atoms in total. The van der Waals surface area contributed by atoms with Gasteiger partial charge in [-0.15, -0.1) is 0 Å². The van der Waals surface area contributed by atoms with Crippen LogP contribution in [-0.4, -0.2) is 27.1 Å². The van der Waals surface area contributed by atoms with Crippen LogP contribution in [0.25, 0.3) is 11.1 Å². The van der Waals surface area contributed by atoms with Crippen LogP contribution in [0.5, 0.6) is 0 Å². The zero-order valence-electron chi connectivity index (χ0n) is 18.6. The quantitative estimate of drug-likeness (QED) is 0.289. The van der Waals surface area contributed by atoms with Crippen LogP contribution in [-0.2, 0) is 26.6 Å². The molecule has 0 radical (unpaired) electrons. The van der Waals surface area contributed by atoms with Crippen molar-refractivity contribution >= 4 is 25.8 Å². The van der Waals surface area contributed by atoms with Gasteiger partial charge in [0.2, 0.25) is 10.0 Å². The Hall–Kier alpha value is -2.49. The van der Waals surface area contributed by atoms with Crippen molar-refractivity contribution in [2.24, 2.45) is 0 Å². The van der Waals surface area contributed by atoms with Gasteiger partial charge >= 0.3 is 0 Å². The highest BCUT2D eigenvalue weighted by Crippen LogP contribution is 2.36. The van der Waals surface area contributed by atoms with Gasteiger partial charge in [-0.3, -0.25) is 9.27 Å². The predicted octanol–water partition coefficient (Wildman–Crippen LogP) is 5.46. The second kappa shape index (κ2) is 10.2. The monoisotopic (exact) mass is 493 g/mol. The van der Waals surface area contributed by atoms with Gasteiger partial charge in [0.1, 0.15) is 10.7 Å². The van der Waals surface area contributed by atoms with Crippen LogP contribution in [0.15, 0.2) is 59.5 Å². The first-order chi connectivity index (χ1) is 15.5. The van der Waals surface area contributed by atoms with Gasteiger partial charge in [-0.1, -0.05) is 44.5 Å². The van der Waals surface area contributed by atoms with Gasteiger partial charge in [-0.05, 0) is 72.2 Å². The molecule has 33 heavy (non-hydrogen) atoms. The first-order valence-electron chi connectivity index (χ1n) is 10.8. The highest BCUT2D eigenvalue weighted by molar-refractivity contribution is 7.92. The maximum atomic E-state index is 13.0. The lowest BCUT2D eigenvalue weighted by Crippen LogP contribution is -2.16. The van der Waals surface area contributed by atoms with Crippen LogP contribution >= 0.6 is 0 Å². The van der Waals surface area contributed by atoms with Gasteiger partial charge in [-0.25, -0.2) is 12.8 Å². The molecule has 0 amide bonds. The number of rotatable bonds is 10. The zero-order valence-corrected chi connectivity index (χ0v) is 20.2. The van der Waals surface area contributed by atoms with Crippen molar-refractivity contribution in [1.29, 1.82) is 0 Å². The van der Waals surface area contributed by atoms with Crippen molar-refractivity contribution in [2.75, 3.05) is 10.5 Å². The molecule has 9 heteroatoms. The van der Waals surface area contributed by atoms with Gasteiger partial charge < -0.3 is 0 Å². The Balaban J connectivity index is 1.64. The molecular weight excluding hydrogens is 465 g/mol. The van der Waals surface area contributed by atoms with E-state index in [1.165, 1.54) is 30.3 Å². The van der Waals surface area contributed by atoms with E-state index in [2.05, 4.69) is 4.72 Å². The van der Waals surface area contributed by atoms with E-state index in [4.69, 9.17) is 0 Å². The number of unbranched alkanes of at least 4 members (excludes halogenated alkanes) is 2. The zero-order chi connectivity index (χ0) is 24.2. The molecule has 1 aromatic rings. The highest BCUT2D eigenvalue weighted by atomic mass is 32.2. The van der Waals surface area contributed by atoms with E-state index in [0.29, 0.717) is 36.9 Å². The van der Waals surface area contributed by atoms with Crippen LogP contribution in [0.1, 0.15) is 50.2 Å². The SMILES string of the molecule is CC(C)c1ccc2c(CCCCCS(=O)(=O)Nc3ccc(F)cc3)cc(S(=O)(=O)O)c-2cc1. The highest BCUT2D eigenvalue weighted by Gasteiger charge is 2.23. The normalized spacial score (nSPS) is 12.4. The topological polar surface area (TPSA) is 101 Å². The number of hydrogen-bond acceptors (Lipinski definition) is 4. The second-order valence-electron chi connectivity index (χ2n) is 8.40. The van der Waals surface area contributed by atoms with E-state index in [0.717, 1.165) is 16.7 Å². The molecule has 1 aromatic carbocycles. The predicted molar refractivity (Wildman–Crippen MR) is 128 cm³/mol. The fourth-order valence-electron chi connectivity index (χ4n) is 3.74. The number of anilines is 1. The molecule has 0 saturated carbocycles. The summed E-state index contributed by atoms with van der Waals surface area (Å²) in [5.74, 6) is -0.247. The van der Waals surface area contributed by atoms with Crippen molar-refractivity contribution in [1.82, 2.24) is 0 Å². The Labute approximate surface area is 195 Å². The number of hydrogen-bond donors (Lipinski definition) is 2. The summed E-state index contributed by atoms with van der Waals surface area (Å²) in [7, 11) is -7.92. The van der Waals surface area contributed by atoms with Crippen molar-refractivity contribution in [3.63, 3.8) is 0 Å². The van der Waals surface area contributed by atoms with Gasteiger partial charge in [0.05, 0.1) is 5.75 Å². The van der Waals surface area contributed by atoms with Gasteiger partial charge in [0.15, 0.2) is 0 Å². The Morgan fingerprint density at radius 3 is 2.12 bits per heavy atom. The summed E-state index contributed by atoms with van der Waals surface area (Å²) in [6.45, 7) is 4.09. The van der Waals surface area contributed by atoms with E-state index in [9.17, 15) is 25.8 Å². The second-order valence-corrected chi connectivity index (χ2v) is 11.6. The minimum atomic E-state index is -4.37. The van der Waals surface area contributed by atoms with E-state index in [1.54, 1.807) is 6.07 Å². The largest absolute Gasteiger partial charge is 0.295 e. The fraction of sp³-hybridized carbons (Fsp3) is 0.333. The molecule has 2 aliphatic rings. The first kappa shape index (κ1) is 25.1. The maximum Gasteiger partial charge on any atom is 0.295 e. The maximum absolute atomic E-state index is 13.0. The molecule has 178 valence electrons. The Kier molecular flexibility index (Phi) is 7.76. The molecule has 0 saturated heterocycles. The molecule has 0 spiro atoms. The lowest BCUT2D eigenvalue weighted by Gasteiger charge is -2.08. The first-order valence-corrected chi connectivity index (χ1v) is 13.8. The molecule has 0 aliphatic heterocycles. The number of fused-ring (bicyclic) bond motifs is 1. The third-order valence-corrected chi connectivity index (χ3v) is 7.78. The summed E-state index contributed by atoms with van der Waals surface area (Å²) >= 11 is 0. The molecule has 0 bridgehead atoms. The summed E-state index contributed by atoms with van der Waals surface area (Å²) < 4.78 is 73.3. The lowest BCUT2D eigenvalue weighted by molar-refractivity contribution is 0.483. The van der Waals surface area contributed by atoms with Crippen LogP contribution in [0.2, 0.25) is 0 Å². The molecule has 0 atom stereocenters. The third kappa shape index (κ3) is 6.75. The number of aryl methyl sites for hydroxylation is 1. The standard InChI is InChI=1S/C24H28FNO5S2/c1-17(2)18-7-13-22-19(16-24(33(29,30)31)23(22)14-8-18)6-4-3-5-15-32(27,28)26-21-11-9-20(25)10-12-21/h7-14,16-17,26H,3-6,15H2,1-2H3,(H,29,30,31). The van der Waals surface area contributed by atoms with Crippen molar-refractivity contribution < 1.29 is 25.8 Å². The molecule has 0 unspecified atom stereocenters. The van der Waals surface area contributed by atoms with E-state index < -0.39 is 26.0 Å². The molecule has 3 rings (SSSR count). The molecule has 2 N–H and O–H groups in total. The number of nitrogens with one attached hydrogen (secondary N) is 1. The minimum Gasteiger partial charge on any atom is -0.284 e. The van der Waals surface area contributed by atoms with Gasteiger partial charge in [0.25, 0.3) is 10.1 Å². The van der Waals surface area contributed by atoms with Crippen molar-refractivity contribution in [3.05, 3.63) is 71.5 Å². The van der Waals surface area contributed by atoms with Gasteiger partial charge in [-0.2, -0.15) is 8.42 Å². The van der Waals surface area contributed by atoms with Gasteiger partial charge in [0, 0.05) is 11.3 Å². The Morgan fingerprint density at radius 1 is 0.879 bits per heavy atom. The Morgan fingerprint density at radius 2 is 1.52 bits per heavy atom. The summed E-state index contributed by atoms with van der Waals surface area (Å²) in [6.07, 6.45) is 2.25. The summed E-state index contributed by atoms with van der Waals surface area (Å²) in [4.78, 5) is -0.107. The van der Waals surface area contributed by atoms with E-state index >= 15 is 0 Å². The third-order valence-electron chi connectivity index (χ3n) is 5.51. The van der Waals surface area contributed by atoms with Crippen LogP contribution in [0.3, 0.4) is 0 Å². The number of benzene rings is 1. The number of sulfonamides is 1. The molecular formula is C24H28FNO5S2. The lowest BCUT2D eigenvalue weighted by atomic mass is 10.0. The Bertz CT molecular complexity index is 1290.